The van der Waals surface area contributed by atoms with Crippen LogP contribution in [0.25, 0.3) is 0 Å². The van der Waals surface area contributed by atoms with Crippen molar-refractivity contribution < 1.29 is 9.90 Å². The van der Waals surface area contributed by atoms with Gasteiger partial charge in [-0.25, -0.2) is 0 Å². The molecular formula is C9H9BrClNO2. The Morgan fingerprint density at radius 3 is 2.86 bits per heavy atom. The Balaban J connectivity index is 2.85. The minimum Gasteiger partial charge on any atom is -0.480 e. The lowest BCUT2D eigenvalue weighted by Crippen LogP contribution is -2.32. The second-order valence-electron chi connectivity index (χ2n) is 2.88. The van der Waals surface area contributed by atoms with Gasteiger partial charge in [-0.2, -0.15) is 0 Å². The van der Waals surface area contributed by atoms with Gasteiger partial charge in [-0.05, 0) is 30.2 Å². The third kappa shape index (κ3) is 2.97. The van der Waals surface area contributed by atoms with Crippen molar-refractivity contribution in [3.05, 3.63) is 33.3 Å². The molecule has 5 heteroatoms. The van der Waals surface area contributed by atoms with Crippen molar-refractivity contribution in [2.75, 3.05) is 0 Å². The van der Waals surface area contributed by atoms with E-state index >= 15 is 0 Å². The van der Waals surface area contributed by atoms with Gasteiger partial charge in [0.05, 0.1) is 0 Å². The van der Waals surface area contributed by atoms with Crippen molar-refractivity contribution in [2.45, 2.75) is 12.5 Å². The molecule has 0 spiro atoms. The fourth-order valence-corrected chi connectivity index (χ4v) is 1.63. The molecule has 0 radical (unpaired) electrons. The van der Waals surface area contributed by atoms with E-state index < -0.39 is 12.0 Å². The summed E-state index contributed by atoms with van der Waals surface area (Å²) in [4.78, 5) is 10.5. The molecule has 76 valence electrons. The Hall–Kier alpha value is -0.580. The number of aliphatic carboxylic acids is 1. The maximum Gasteiger partial charge on any atom is 0.320 e. The van der Waals surface area contributed by atoms with Gasteiger partial charge in [0, 0.05) is 9.50 Å². The van der Waals surface area contributed by atoms with Crippen LogP contribution >= 0.6 is 27.5 Å². The van der Waals surface area contributed by atoms with Crippen LogP contribution in [-0.2, 0) is 11.2 Å². The normalized spacial score (nSPS) is 12.5. The highest BCUT2D eigenvalue weighted by molar-refractivity contribution is 9.10. The molecule has 0 aliphatic heterocycles. The highest BCUT2D eigenvalue weighted by atomic mass is 79.9. The average molecular weight is 279 g/mol. The van der Waals surface area contributed by atoms with E-state index in [4.69, 9.17) is 22.4 Å². The summed E-state index contributed by atoms with van der Waals surface area (Å²) >= 11 is 9.07. The van der Waals surface area contributed by atoms with Gasteiger partial charge in [0.25, 0.3) is 0 Å². The van der Waals surface area contributed by atoms with E-state index in [1.807, 2.05) is 0 Å². The topological polar surface area (TPSA) is 63.3 Å². The summed E-state index contributed by atoms with van der Waals surface area (Å²) in [5.74, 6) is -1.02. The van der Waals surface area contributed by atoms with Gasteiger partial charge in [0.1, 0.15) is 6.04 Å². The maximum atomic E-state index is 10.5. The zero-order valence-corrected chi connectivity index (χ0v) is 9.55. The molecule has 1 atom stereocenters. The lowest BCUT2D eigenvalue weighted by molar-refractivity contribution is -0.138. The van der Waals surface area contributed by atoms with E-state index in [1.54, 1.807) is 18.2 Å². The number of nitrogens with two attached hydrogens (primary N) is 1. The van der Waals surface area contributed by atoms with Crippen molar-refractivity contribution in [1.29, 1.82) is 0 Å². The van der Waals surface area contributed by atoms with Crippen LogP contribution in [0.15, 0.2) is 22.7 Å². The maximum absolute atomic E-state index is 10.5. The Kier molecular flexibility index (Phi) is 3.92. The van der Waals surface area contributed by atoms with Gasteiger partial charge in [-0.15, -0.1) is 0 Å². The van der Waals surface area contributed by atoms with Crippen LogP contribution in [0.5, 0.6) is 0 Å². The quantitative estimate of drug-likeness (QED) is 0.889. The summed E-state index contributed by atoms with van der Waals surface area (Å²) in [6, 6.07) is 4.30. The van der Waals surface area contributed by atoms with Crippen LogP contribution in [-0.4, -0.2) is 17.1 Å². The number of rotatable bonds is 3. The Morgan fingerprint density at radius 2 is 2.29 bits per heavy atom. The fourth-order valence-electron chi connectivity index (χ4n) is 1.02. The smallest absolute Gasteiger partial charge is 0.320 e. The highest BCUT2D eigenvalue weighted by Crippen LogP contribution is 2.22. The molecule has 0 saturated heterocycles. The SMILES string of the molecule is N[C@@H](Cc1cc(Cl)ccc1Br)C(=O)O. The Labute approximate surface area is 95.0 Å². The van der Waals surface area contributed by atoms with E-state index in [0.717, 1.165) is 10.0 Å². The third-order valence-corrected chi connectivity index (χ3v) is 2.77. The van der Waals surface area contributed by atoms with Gasteiger partial charge in [0.15, 0.2) is 0 Å². The summed E-state index contributed by atoms with van der Waals surface area (Å²) in [6.07, 6.45) is 0.260. The van der Waals surface area contributed by atoms with Gasteiger partial charge in [-0.3, -0.25) is 4.79 Å². The molecule has 1 rings (SSSR count). The molecule has 0 unspecified atom stereocenters. The second-order valence-corrected chi connectivity index (χ2v) is 4.18. The minimum atomic E-state index is -1.02. The predicted octanol–water partition coefficient (Wildman–Crippen LogP) is 2.06. The average Bonchev–Trinajstić information content (AvgIpc) is 2.11. The zero-order chi connectivity index (χ0) is 10.7. The molecule has 0 bridgehead atoms. The molecule has 0 aliphatic carbocycles. The standard InChI is InChI=1S/C9H9BrClNO2/c10-7-2-1-6(11)3-5(7)4-8(12)9(13)14/h1-3,8H,4,12H2,(H,13,14)/t8-/m0/s1. The van der Waals surface area contributed by atoms with Crippen molar-refractivity contribution in [2.24, 2.45) is 5.73 Å². The molecule has 0 heterocycles. The molecule has 0 fully saturated rings. The lowest BCUT2D eigenvalue weighted by Gasteiger charge is -2.08. The van der Waals surface area contributed by atoms with Crippen molar-refractivity contribution in [3.63, 3.8) is 0 Å². The third-order valence-electron chi connectivity index (χ3n) is 1.76. The van der Waals surface area contributed by atoms with Crippen LogP contribution in [0.4, 0.5) is 0 Å². The lowest BCUT2D eigenvalue weighted by atomic mass is 10.1. The van der Waals surface area contributed by atoms with Crippen LogP contribution in [0.3, 0.4) is 0 Å². The zero-order valence-electron chi connectivity index (χ0n) is 7.21. The van der Waals surface area contributed by atoms with Gasteiger partial charge < -0.3 is 10.8 Å². The summed E-state index contributed by atoms with van der Waals surface area (Å²) in [5, 5.41) is 9.20. The number of hydrogen-bond acceptors (Lipinski definition) is 2. The molecule has 0 amide bonds. The molecule has 3 N–H and O–H groups in total. The number of carboxylic acid groups (broad SMARTS) is 1. The first-order chi connectivity index (χ1) is 6.50. The number of halogens is 2. The van der Waals surface area contributed by atoms with Gasteiger partial charge in [-0.1, -0.05) is 27.5 Å². The van der Waals surface area contributed by atoms with E-state index in [0.29, 0.717) is 5.02 Å². The monoisotopic (exact) mass is 277 g/mol. The first-order valence-electron chi connectivity index (χ1n) is 3.93. The van der Waals surface area contributed by atoms with Crippen molar-refractivity contribution in [3.8, 4) is 0 Å². The fraction of sp³-hybridized carbons (Fsp3) is 0.222. The molecule has 0 saturated carbocycles. The van der Waals surface area contributed by atoms with E-state index in [9.17, 15) is 4.79 Å². The summed E-state index contributed by atoms with van der Waals surface area (Å²) in [6.45, 7) is 0. The Bertz CT molecular complexity index is 357. The van der Waals surface area contributed by atoms with Crippen molar-refractivity contribution in [1.82, 2.24) is 0 Å². The van der Waals surface area contributed by atoms with Crippen LogP contribution in [0, 0.1) is 0 Å². The van der Waals surface area contributed by atoms with E-state index in [1.165, 1.54) is 0 Å². The van der Waals surface area contributed by atoms with Gasteiger partial charge >= 0.3 is 5.97 Å². The van der Waals surface area contributed by atoms with Crippen LogP contribution in [0.2, 0.25) is 5.02 Å². The minimum absolute atomic E-state index is 0.260. The number of hydrogen-bond donors (Lipinski definition) is 2. The molecule has 3 nitrogen and oxygen atoms in total. The summed E-state index contributed by atoms with van der Waals surface area (Å²) < 4.78 is 0.818. The number of benzene rings is 1. The molecule has 1 aromatic carbocycles. The van der Waals surface area contributed by atoms with Crippen LogP contribution < -0.4 is 5.73 Å². The molecule has 0 aromatic heterocycles. The van der Waals surface area contributed by atoms with E-state index in [-0.39, 0.29) is 6.42 Å². The summed E-state index contributed by atoms with van der Waals surface area (Å²) in [7, 11) is 0. The predicted molar refractivity (Wildman–Crippen MR) is 58.5 cm³/mol. The number of carbonyl (C=O) groups is 1. The number of carboxylic acids is 1. The largest absolute Gasteiger partial charge is 0.480 e. The molecule has 1 aromatic rings. The molecule has 14 heavy (non-hydrogen) atoms. The molecular weight excluding hydrogens is 269 g/mol. The first-order valence-corrected chi connectivity index (χ1v) is 5.10. The van der Waals surface area contributed by atoms with Crippen molar-refractivity contribution >= 4 is 33.5 Å². The summed E-state index contributed by atoms with van der Waals surface area (Å²) in [5.41, 5.74) is 6.20. The Morgan fingerprint density at radius 1 is 1.64 bits per heavy atom. The highest BCUT2D eigenvalue weighted by Gasteiger charge is 2.13. The second kappa shape index (κ2) is 4.77. The van der Waals surface area contributed by atoms with Crippen LogP contribution in [0.1, 0.15) is 5.56 Å². The first kappa shape index (κ1) is 11.5. The molecule has 0 aliphatic rings. The van der Waals surface area contributed by atoms with E-state index in [2.05, 4.69) is 15.9 Å². The van der Waals surface area contributed by atoms with Gasteiger partial charge in [0.2, 0.25) is 0 Å².